The Balaban J connectivity index is 1.39. The van der Waals surface area contributed by atoms with Gasteiger partial charge in [-0.15, -0.1) is 0 Å². The van der Waals surface area contributed by atoms with Crippen LogP contribution in [0.1, 0.15) is 49.4 Å². The van der Waals surface area contributed by atoms with E-state index >= 15 is 0 Å². The van der Waals surface area contributed by atoms with E-state index in [9.17, 15) is 13.2 Å². The summed E-state index contributed by atoms with van der Waals surface area (Å²) in [6.07, 6.45) is 5.60. The Morgan fingerprint density at radius 1 is 0.964 bits per heavy atom. The van der Waals surface area contributed by atoms with E-state index in [1.165, 1.54) is 19.4 Å². The molecule has 1 aromatic carbocycles. The first kappa shape index (κ1) is 19.9. The molecule has 28 heavy (non-hydrogen) atoms. The SMILES string of the molecule is CC1CCCCN1S(=O)(=O)c1ccc(C(=O)N2CCN(CC3CC3)CC2)cc1. The van der Waals surface area contributed by atoms with Crippen LogP contribution in [0.2, 0.25) is 0 Å². The van der Waals surface area contributed by atoms with E-state index < -0.39 is 10.0 Å². The minimum absolute atomic E-state index is 0.00126. The maximum Gasteiger partial charge on any atom is 0.253 e. The van der Waals surface area contributed by atoms with Gasteiger partial charge >= 0.3 is 0 Å². The highest BCUT2D eigenvalue weighted by molar-refractivity contribution is 7.89. The summed E-state index contributed by atoms with van der Waals surface area (Å²) >= 11 is 0. The van der Waals surface area contributed by atoms with Crippen LogP contribution < -0.4 is 0 Å². The first-order chi connectivity index (χ1) is 13.4. The second-order valence-electron chi connectivity index (χ2n) is 8.52. The summed E-state index contributed by atoms with van der Waals surface area (Å²) in [5.41, 5.74) is 0.571. The predicted molar refractivity (Wildman–Crippen MR) is 109 cm³/mol. The van der Waals surface area contributed by atoms with Crippen molar-refractivity contribution in [1.82, 2.24) is 14.1 Å². The van der Waals surface area contributed by atoms with E-state index in [0.29, 0.717) is 12.1 Å². The lowest BCUT2D eigenvalue weighted by Gasteiger charge is -2.35. The number of carbonyl (C=O) groups is 1. The molecular formula is C21H31N3O3S. The molecule has 1 saturated carbocycles. The Morgan fingerprint density at radius 3 is 2.25 bits per heavy atom. The summed E-state index contributed by atoms with van der Waals surface area (Å²) in [5, 5.41) is 0. The van der Waals surface area contributed by atoms with E-state index in [2.05, 4.69) is 4.90 Å². The Hall–Kier alpha value is -1.44. The second-order valence-corrected chi connectivity index (χ2v) is 10.4. The number of piperazine rings is 1. The zero-order chi connectivity index (χ0) is 19.7. The molecule has 0 N–H and O–H groups in total. The summed E-state index contributed by atoms with van der Waals surface area (Å²) in [6.45, 7) is 7.08. The lowest BCUT2D eigenvalue weighted by Crippen LogP contribution is -2.49. The molecule has 1 unspecified atom stereocenters. The molecule has 0 aromatic heterocycles. The van der Waals surface area contributed by atoms with Crippen molar-refractivity contribution in [3.63, 3.8) is 0 Å². The first-order valence-corrected chi connectivity index (χ1v) is 12.0. The lowest BCUT2D eigenvalue weighted by molar-refractivity contribution is 0.0632. The molecule has 4 rings (SSSR count). The monoisotopic (exact) mass is 405 g/mol. The Labute approximate surface area is 168 Å². The number of amides is 1. The number of rotatable bonds is 5. The van der Waals surface area contributed by atoms with Crippen molar-refractivity contribution in [3.8, 4) is 0 Å². The van der Waals surface area contributed by atoms with Crippen molar-refractivity contribution in [1.29, 1.82) is 0 Å². The van der Waals surface area contributed by atoms with Crippen LogP contribution in [0.4, 0.5) is 0 Å². The van der Waals surface area contributed by atoms with Gasteiger partial charge in [-0.1, -0.05) is 6.42 Å². The van der Waals surface area contributed by atoms with Gasteiger partial charge in [-0.05, 0) is 62.8 Å². The van der Waals surface area contributed by atoms with Crippen LogP contribution in [0.25, 0.3) is 0 Å². The van der Waals surface area contributed by atoms with Gasteiger partial charge in [0.05, 0.1) is 4.90 Å². The fourth-order valence-electron chi connectivity index (χ4n) is 4.32. The molecule has 0 spiro atoms. The smallest absolute Gasteiger partial charge is 0.253 e. The predicted octanol–water partition coefficient (Wildman–Crippen LogP) is 2.42. The van der Waals surface area contributed by atoms with Crippen LogP contribution in [-0.2, 0) is 10.0 Å². The third-order valence-electron chi connectivity index (χ3n) is 6.32. The van der Waals surface area contributed by atoms with Crippen LogP contribution in [-0.4, -0.2) is 73.7 Å². The second kappa shape index (κ2) is 8.13. The molecule has 1 atom stereocenters. The van der Waals surface area contributed by atoms with Crippen molar-refractivity contribution < 1.29 is 13.2 Å². The van der Waals surface area contributed by atoms with E-state index in [0.717, 1.165) is 51.4 Å². The lowest BCUT2D eigenvalue weighted by atomic mass is 10.1. The van der Waals surface area contributed by atoms with Crippen LogP contribution in [0, 0.1) is 5.92 Å². The molecule has 0 bridgehead atoms. The number of nitrogens with zero attached hydrogens (tertiary/aromatic N) is 3. The van der Waals surface area contributed by atoms with Crippen molar-refractivity contribution in [3.05, 3.63) is 29.8 Å². The fourth-order valence-corrected chi connectivity index (χ4v) is 6.01. The number of benzene rings is 1. The average Bonchev–Trinajstić information content (AvgIpc) is 3.52. The number of sulfonamides is 1. The number of piperidine rings is 1. The van der Waals surface area contributed by atoms with Crippen LogP contribution in [0.5, 0.6) is 0 Å². The third-order valence-corrected chi connectivity index (χ3v) is 8.35. The fraction of sp³-hybridized carbons (Fsp3) is 0.667. The molecule has 6 nitrogen and oxygen atoms in total. The first-order valence-electron chi connectivity index (χ1n) is 10.6. The van der Waals surface area contributed by atoms with Gasteiger partial charge in [0.1, 0.15) is 0 Å². The zero-order valence-electron chi connectivity index (χ0n) is 16.7. The van der Waals surface area contributed by atoms with Gasteiger partial charge in [-0.3, -0.25) is 9.69 Å². The van der Waals surface area contributed by atoms with Gasteiger partial charge in [0.2, 0.25) is 10.0 Å². The van der Waals surface area contributed by atoms with Crippen molar-refractivity contribution in [2.75, 3.05) is 39.3 Å². The average molecular weight is 406 g/mol. The highest BCUT2D eigenvalue weighted by Crippen LogP contribution is 2.30. The van der Waals surface area contributed by atoms with E-state index in [1.54, 1.807) is 28.6 Å². The van der Waals surface area contributed by atoms with E-state index in [1.807, 2.05) is 11.8 Å². The molecule has 1 amide bonds. The maximum absolute atomic E-state index is 12.9. The molecule has 3 fully saturated rings. The molecule has 1 aliphatic carbocycles. The largest absolute Gasteiger partial charge is 0.336 e. The minimum Gasteiger partial charge on any atom is -0.336 e. The quantitative estimate of drug-likeness (QED) is 0.755. The van der Waals surface area contributed by atoms with E-state index in [-0.39, 0.29) is 16.8 Å². The molecule has 154 valence electrons. The van der Waals surface area contributed by atoms with Crippen LogP contribution in [0.3, 0.4) is 0 Å². The summed E-state index contributed by atoms with van der Waals surface area (Å²) in [7, 11) is -3.49. The van der Waals surface area contributed by atoms with Crippen molar-refractivity contribution >= 4 is 15.9 Å². The molecule has 2 heterocycles. The van der Waals surface area contributed by atoms with Crippen LogP contribution in [0.15, 0.2) is 29.2 Å². The summed E-state index contributed by atoms with van der Waals surface area (Å²) in [4.78, 5) is 17.4. The topological polar surface area (TPSA) is 60.9 Å². The normalized spacial score (nSPS) is 25.0. The number of hydrogen-bond acceptors (Lipinski definition) is 4. The Morgan fingerprint density at radius 2 is 1.64 bits per heavy atom. The number of carbonyl (C=O) groups excluding carboxylic acids is 1. The van der Waals surface area contributed by atoms with Gasteiger partial charge in [0.15, 0.2) is 0 Å². The highest BCUT2D eigenvalue weighted by Gasteiger charge is 2.31. The Bertz CT molecular complexity index is 797. The van der Waals surface area contributed by atoms with Gasteiger partial charge in [-0.2, -0.15) is 4.31 Å². The maximum atomic E-state index is 12.9. The van der Waals surface area contributed by atoms with Gasteiger partial charge in [0.25, 0.3) is 5.91 Å². The summed E-state index contributed by atoms with van der Waals surface area (Å²) in [6, 6.07) is 6.55. The molecule has 7 heteroatoms. The van der Waals surface area contributed by atoms with Gasteiger partial charge in [0, 0.05) is 50.9 Å². The molecule has 0 radical (unpaired) electrons. The van der Waals surface area contributed by atoms with Crippen molar-refractivity contribution in [2.45, 2.75) is 50.0 Å². The standard InChI is InChI=1S/C21H31N3O3S/c1-17-4-2-3-11-24(17)28(26,27)20-9-7-19(8-10-20)21(25)23-14-12-22(13-15-23)16-18-5-6-18/h7-10,17-18H,2-6,11-16H2,1H3. The Kier molecular flexibility index (Phi) is 5.76. The molecule has 1 aromatic rings. The summed E-state index contributed by atoms with van der Waals surface area (Å²) in [5.74, 6) is 0.876. The van der Waals surface area contributed by atoms with Crippen molar-refractivity contribution in [2.24, 2.45) is 5.92 Å². The van der Waals surface area contributed by atoms with Gasteiger partial charge in [-0.25, -0.2) is 8.42 Å². The molecular weight excluding hydrogens is 374 g/mol. The third kappa shape index (κ3) is 4.26. The van der Waals surface area contributed by atoms with Gasteiger partial charge < -0.3 is 4.90 Å². The summed E-state index contributed by atoms with van der Waals surface area (Å²) < 4.78 is 27.5. The molecule has 2 saturated heterocycles. The highest BCUT2D eigenvalue weighted by atomic mass is 32.2. The van der Waals surface area contributed by atoms with Crippen LogP contribution >= 0.6 is 0 Å². The molecule has 2 aliphatic heterocycles. The zero-order valence-corrected chi connectivity index (χ0v) is 17.5. The molecule has 3 aliphatic rings. The van der Waals surface area contributed by atoms with E-state index in [4.69, 9.17) is 0 Å². The minimum atomic E-state index is -3.49. The number of hydrogen-bond donors (Lipinski definition) is 0.